The zero-order valence-corrected chi connectivity index (χ0v) is 12.5. The molecule has 0 amide bonds. The van der Waals surface area contributed by atoms with Gasteiger partial charge in [0.15, 0.2) is 11.5 Å². The van der Waals surface area contributed by atoms with Gasteiger partial charge in [0.1, 0.15) is 0 Å². The van der Waals surface area contributed by atoms with Gasteiger partial charge in [0, 0.05) is 11.8 Å². The minimum Gasteiger partial charge on any atom is -0.502 e. The van der Waals surface area contributed by atoms with Gasteiger partial charge in [0.25, 0.3) is 0 Å². The fourth-order valence-corrected chi connectivity index (χ4v) is 1.96. The molecule has 2 aromatic rings. The highest BCUT2D eigenvalue weighted by Crippen LogP contribution is 2.36. The summed E-state index contributed by atoms with van der Waals surface area (Å²) in [5, 5.41) is 9.86. The van der Waals surface area contributed by atoms with Crippen LogP contribution >= 0.6 is 0 Å². The molecule has 110 valence electrons. The van der Waals surface area contributed by atoms with Crippen molar-refractivity contribution >= 4 is 11.9 Å². The molecule has 2 rings (SSSR count). The van der Waals surface area contributed by atoms with Crippen LogP contribution in [0.2, 0.25) is 0 Å². The summed E-state index contributed by atoms with van der Waals surface area (Å²) in [6.07, 6.45) is 2.72. The normalized spacial score (nSPS) is 10.8. The molecule has 1 N–H and O–H groups in total. The average Bonchev–Trinajstić information content (AvgIpc) is 2.54. The molecular weight excluding hydrogens is 266 g/mol. The summed E-state index contributed by atoms with van der Waals surface area (Å²) in [5.41, 5.74) is 2.95. The second kappa shape index (κ2) is 6.79. The number of aliphatic imine (C=N–C) groups is 1. The number of hydrogen-bond acceptors (Lipinski definition) is 4. The Morgan fingerprint density at radius 2 is 1.62 bits per heavy atom. The molecule has 0 bridgehead atoms. The van der Waals surface area contributed by atoms with Gasteiger partial charge in [-0.25, -0.2) is 0 Å². The van der Waals surface area contributed by atoms with Crippen molar-refractivity contribution in [2.24, 2.45) is 4.99 Å². The molecule has 0 radical (unpaired) electrons. The summed E-state index contributed by atoms with van der Waals surface area (Å²) in [4.78, 5) is 4.41. The molecule has 0 aliphatic carbocycles. The first-order valence-electron chi connectivity index (χ1n) is 6.76. The lowest BCUT2D eigenvalue weighted by Crippen LogP contribution is -1.92. The Morgan fingerprint density at radius 1 is 1.05 bits per heavy atom. The van der Waals surface area contributed by atoms with E-state index in [1.807, 2.05) is 12.1 Å². The molecule has 0 atom stereocenters. The van der Waals surface area contributed by atoms with Crippen LogP contribution in [0.5, 0.6) is 17.2 Å². The first-order chi connectivity index (χ1) is 10.2. The van der Waals surface area contributed by atoms with Crippen LogP contribution in [0.15, 0.2) is 41.4 Å². The number of aryl methyl sites for hydroxylation is 1. The molecule has 0 fully saturated rings. The van der Waals surface area contributed by atoms with E-state index in [1.165, 1.54) is 19.8 Å². The molecule has 21 heavy (non-hydrogen) atoms. The van der Waals surface area contributed by atoms with E-state index in [0.717, 1.165) is 17.7 Å². The number of rotatable bonds is 5. The highest BCUT2D eigenvalue weighted by atomic mass is 16.5. The lowest BCUT2D eigenvalue weighted by Gasteiger charge is -2.09. The van der Waals surface area contributed by atoms with Crippen molar-refractivity contribution in [3.05, 3.63) is 47.5 Å². The van der Waals surface area contributed by atoms with Gasteiger partial charge in [-0.15, -0.1) is 0 Å². The molecule has 2 aromatic carbocycles. The molecule has 0 unspecified atom stereocenters. The monoisotopic (exact) mass is 285 g/mol. The number of phenolic OH excluding ortho intramolecular Hbond substituents is 1. The number of benzene rings is 2. The molecule has 4 heteroatoms. The van der Waals surface area contributed by atoms with Crippen molar-refractivity contribution in [2.75, 3.05) is 14.2 Å². The first kappa shape index (κ1) is 14.9. The molecular formula is C17H19NO3. The van der Waals surface area contributed by atoms with Crippen molar-refractivity contribution in [1.82, 2.24) is 0 Å². The van der Waals surface area contributed by atoms with E-state index < -0.39 is 0 Å². The number of aromatic hydroxyl groups is 1. The van der Waals surface area contributed by atoms with Gasteiger partial charge >= 0.3 is 0 Å². The van der Waals surface area contributed by atoms with Crippen LogP contribution in [-0.4, -0.2) is 25.5 Å². The maximum Gasteiger partial charge on any atom is 0.200 e. The van der Waals surface area contributed by atoms with E-state index in [1.54, 1.807) is 18.3 Å². The van der Waals surface area contributed by atoms with E-state index in [-0.39, 0.29) is 5.75 Å². The highest BCUT2D eigenvalue weighted by Gasteiger charge is 2.10. The first-order valence-corrected chi connectivity index (χ1v) is 6.76. The molecule has 0 aliphatic rings. The Labute approximate surface area is 124 Å². The van der Waals surface area contributed by atoms with Gasteiger partial charge in [-0.1, -0.05) is 19.1 Å². The van der Waals surface area contributed by atoms with E-state index in [2.05, 4.69) is 24.0 Å². The second-order valence-electron chi connectivity index (χ2n) is 4.55. The lowest BCUT2D eigenvalue weighted by molar-refractivity contribution is 0.340. The Bertz CT molecular complexity index is 608. The maximum absolute atomic E-state index is 9.86. The van der Waals surface area contributed by atoms with Crippen LogP contribution in [0.25, 0.3) is 0 Å². The summed E-state index contributed by atoms with van der Waals surface area (Å²) < 4.78 is 10.2. The number of ether oxygens (including phenoxy) is 2. The van der Waals surface area contributed by atoms with Crippen LogP contribution in [-0.2, 0) is 6.42 Å². The topological polar surface area (TPSA) is 51.0 Å². The zero-order chi connectivity index (χ0) is 15.2. The molecule has 4 nitrogen and oxygen atoms in total. The minimum absolute atomic E-state index is 0.00977. The maximum atomic E-state index is 9.86. The third-order valence-corrected chi connectivity index (χ3v) is 3.21. The number of hydrogen-bond donors (Lipinski definition) is 1. The van der Waals surface area contributed by atoms with Gasteiger partial charge in [-0.05, 0) is 36.2 Å². The van der Waals surface area contributed by atoms with Crippen LogP contribution in [0, 0.1) is 0 Å². The quantitative estimate of drug-likeness (QED) is 0.852. The Hall–Kier alpha value is -2.49. The predicted octanol–water partition coefficient (Wildman–Crippen LogP) is 3.72. The van der Waals surface area contributed by atoms with Gasteiger partial charge < -0.3 is 14.6 Å². The van der Waals surface area contributed by atoms with Crippen molar-refractivity contribution in [2.45, 2.75) is 13.3 Å². The third kappa shape index (κ3) is 3.54. The minimum atomic E-state index is -0.00977. The Kier molecular flexibility index (Phi) is 4.82. The summed E-state index contributed by atoms with van der Waals surface area (Å²) in [6, 6.07) is 11.5. The third-order valence-electron chi connectivity index (χ3n) is 3.21. The summed E-state index contributed by atoms with van der Waals surface area (Å²) in [5.74, 6) is 0.707. The van der Waals surface area contributed by atoms with E-state index in [9.17, 15) is 5.11 Å². The SMILES string of the molecule is CCc1ccc(N=Cc2cc(OC)c(O)c(OC)c2)cc1. The molecule has 0 aromatic heterocycles. The number of methoxy groups -OCH3 is 2. The Morgan fingerprint density at radius 3 is 2.10 bits per heavy atom. The summed E-state index contributed by atoms with van der Waals surface area (Å²) in [7, 11) is 3.00. The molecule has 0 spiro atoms. The molecule has 0 aliphatic heterocycles. The number of phenols is 1. The second-order valence-corrected chi connectivity index (χ2v) is 4.55. The van der Waals surface area contributed by atoms with Crippen molar-refractivity contribution in [3.63, 3.8) is 0 Å². The van der Waals surface area contributed by atoms with Crippen molar-refractivity contribution < 1.29 is 14.6 Å². The largest absolute Gasteiger partial charge is 0.502 e. The van der Waals surface area contributed by atoms with Crippen LogP contribution in [0.1, 0.15) is 18.1 Å². The van der Waals surface area contributed by atoms with E-state index >= 15 is 0 Å². The molecule has 0 saturated carbocycles. The van der Waals surface area contributed by atoms with E-state index in [0.29, 0.717) is 11.5 Å². The van der Waals surface area contributed by atoms with Gasteiger partial charge in [0.05, 0.1) is 19.9 Å². The van der Waals surface area contributed by atoms with Crippen LogP contribution in [0.4, 0.5) is 5.69 Å². The van der Waals surface area contributed by atoms with Gasteiger partial charge in [-0.3, -0.25) is 4.99 Å². The predicted molar refractivity (Wildman–Crippen MR) is 84.3 cm³/mol. The number of nitrogens with zero attached hydrogens (tertiary/aromatic N) is 1. The standard InChI is InChI=1S/C17H19NO3/c1-4-12-5-7-14(8-6-12)18-11-13-9-15(20-2)17(19)16(10-13)21-3/h5-11,19H,4H2,1-3H3. The van der Waals surface area contributed by atoms with Crippen molar-refractivity contribution in [3.8, 4) is 17.2 Å². The molecule has 0 saturated heterocycles. The van der Waals surface area contributed by atoms with Crippen molar-refractivity contribution in [1.29, 1.82) is 0 Å². The van der Waals surface area contributed by atoms with Crippen LogP contribution < -0.4 is 9.47 Å². The van der Waals surface area contributed by atoms with Gasteiger partial charge in [-0.2, -0.15) is 0 Å². The average molecular weight is 285 g/mol. The van der Waals surface area contributed by atoms with E-state index in [4.69, 9.17) is 9.47 Å². The zero-order valence-electron chi connectivity index (χ0n) is 12.5. The fraction of sp³-hybridized carbons (Fsp3) is 0.235. The smallest absolute Gasteiger partial charge is 0.200 e. The highest BCUT2D eigenvalue weighted by molar-refractivity contribution is 5.84. The Balaban J connectivity index is 2.27. The van der Waals surface area contributed by atoms with Gasteiger partial charge in [0.2, 0.25) is 5.75 Å². The molecule has 0 heterocycles. The summed E-state index contributed by atoms with van der Waals surface area (Å²) >= 11 is 0. The lowest BCUT2D eigenvalue weighted by atomic mass is 10.1. The fourth-order valence-electron chi connectivity index (χ4n) is 1.96. The summed E-state index contributed by atoms with van der Waals surface area (Å²) in [6.45, 7) is 2.12. The van der Waals surface area contributed by atoms with Crippen LogP contribution in [0.3, 0.4) is 0 Å².